The van der Waals surface area contributed by atoms with E-state index in [1.807, 2.05) is 18.5 Å². The normalized spacial score (nSPS) is 17.9. The minimum atomic E-state index is -5.08. The summed E-state index contributed by atoms with van der Waals surface area (Å²) in [6, 6.07) is 8.71. The van der Waals surface area contributed by atoms with E-state index in [4.69, 9.17) is 38.9 Å². The van der Waals surface area contributed by atoms with Gasteiger partial charge in [0.05, 0.1) is 25.0 Å². The van der Waals surface area contributed by atoms with Gasteiger partial charge in [-0.1, -0.05) is 0 Å². The number of likely N-dealkylation sites (tertiary alicyclic amines) is 1. The summed E-state index contributed by atoms with van der Waals surface area (Å²) in [6.07, 6.45) is -6.39. The molecule has 2 aromatic heterocycles. The Bertz CT molecular complexity index is 1160. The van der Waals surface area contributed by atoms with Crippen molar-refractivity contribution in [2.75, 3.05) is 26.7 Å². The second-order valence-corrected chi connectivity index (χ2v) is 9.89. The van der Waals surface area contributed by atoms with Crippen molar-refractivity contribution < 1.29 is 78.4 Å². The van der Waals surface area contributed by atoms with Crippen molar-refractivity contribution in [3.8, 4) is 0 Å². The number of hydrogen-bond donors (Lipinski definition) is 3. The maximum absolute atomic E-state index is 10.6. The van der Waals surface area contributed by atoms with Gasteiger partial charge >= 0.3 is 36.4 Å². The molecule has 2 aromatic rings. The van der Waals surface area contributed by atoms with Gasteiger partial charge in [-0.2, -0.15) is 39.5 Å². The zero-order valence-corrected chi connectivity index (χ0v) is 23.9. The molecule has 4 rings (SSSR count). The van der Waals surface area contributed by atoms with Gasteiger partial charge in [0.15, 0.2) is 0 Å². The Labute approximate surface area is 255 Å². The third-order valence-electron chi connectivity index (χ3n) is 6.45. The van der Waals surface area contributed by atoms with E-state index in [0.717, 1.165) is 57.8 Å². The van der Waals surface area contributed by atoms with Gasteiger partial charge in [0.1, 0.15) is 5.76 Å². The van der Waals surface area contributed by atoms with Crippen LogP contribution in [0, 0.1) is 0 Å². The molecule has 0 bridgehead atoms. The van der Waals surface area contributed by atoms with Crippen molar-refractivity contribution in [1.82, 2.24) is 14.8 Å². The molecule has 0 aromatic carbocycles. The number of hydrogen-bond acceptors (Lipinski definition) is 8. The summed E-state index contributed by atoms with van der Waals surface area (Å²) < 4.78 is 107. The summed E-state index contributed by atoms with van der Waals surface area (Å²) in [5.74, 6) is -7.22. The van der Waals surface area contributed by atoms with Crippen molar-refractivity contribution in [3.05, 3.63) is 54.2 Å². The number of pyridine rings is 1. The molecule has 2 fully saturated rings. The minimum absolute atomic E-state index is 0.0802. The SMILES string of the molecule is CN(Cc1ccncc1)C1COC2(CCN(Cc3ccco3)CC2)C1.O=C(O)C(F)(F)F.O=C(O)C(F)(F)F.O=C(O)C(F)(F)F. The monoisotopic (exact) mass is 683 g/mol. The van der Waals surface area contributed by atoms with Crippen LogP contribution < -0.4 is 0 Å². The lowest BCUT2D eigenvalue weighted by Crippen LogP contribution is -2.44. The lowest BCUT2D eigenvalue weighted by atomic mass is 9.87. The van der Waals surface area contributed by atoms with Crippen LogP contribution in [0.25, 0.3) is 0 Å². The van der Waals surface area contributed by atoms with Gasteiger partial charge in [0.2, 0.25) is 0 Å². The van der Waals surface area contributed by atoms with E-state index in [1.54, 1.807) is 6.26 Å². The van der Waals surface area contributed by atoms with Gasteiger partial charge in [-0.3, -0.25) is 14.8 Å². The standard InChI is InChI=1S/C20H27N3O2.3C2HF3O2/c1-22(14-17-4-8-21-9-5-17)18-13-20(25-16-18)6-10-23(11-7-20)15-19-3-2-12-24-19;3*3-2(4,5)1(6)7/h2-5,8-9,12,18H,6-7,10-11,13-16H2,1H3;3*(H,6,7). The number of likely N-dealkylation sites (N-methyl/N-ethyl adjacent to an activating group) is 1. The number of piperidine rings is 1. The van der Waals surface area contributed by atoms with Gasteiger partial charge in [0.25, 0.3) is 0 Å². The minimum Gasteiger partial charge on any atom is -0.475 e. The Kier molecular flexibility index (Phi) is 14.9. The fourth-order valence-electron chi connectivity index (χ4n) is 4.10. The number of ether oxygens (including phenoxy) is 1. The quantitative estimate of drug-likeness (QED) is 0.372. The molecule has 260 valence electrons. The molecule has 1 spiro atoms. The number of alkyl halides is 9. The lowest BCUT2D eigenvalue weighted by molar-refractivity contribution is -0.193. The van der Waals surface area contributed by atoms with Crippen LogP contribution in [0.1, 0.15) is 30.6 Å². The predicted molar refractivity (Wildman–Crippen MR) is 137 cm³/mol. The average Bonchev–Trinajstić information content (AvgIpc) is 3.61. The molecule has 1 unspecified atom stereocenters. The molecule has 20 heteroatoms. The number of aromatic nitrogens is 1. The summed E-state index contributed by atoms with van der Waals surface area (Å²) in [5, 5.41) is 21.4. The smallest absolute Gasteiger partial charge is 0.475 e. The first-order chi connectivity index (χ1) is 21.1. The molecule has 2 saturated heterocycles. The zero-order chi connectivity index (χ0) is 35.3. The molecular formula is C26H30F9N3O8. The summed E-state index contributed by atoms with van der Waals surface area (Å²) in [5.41, 5.74) is 1.39. The van der Waals surface area contributed by atoms with Gasteiger partial charge in [-0.05, 0) is 56.1 Å². The van der Waals surface area contributed by atoms with Crippen LogP contribution in [0.3, 0.4) is 0 Å². The summed E-state index contributed by atoms with van der Waals surface area (Å²) >= 11 is 0. The second kappa shape index (κ2) is 17.1. The molecule has 11 nitrogen and oxygen atoms in total. The number of halogens is 9. The molecule has 2 aliphatic rings. The number of nitrogens with zero attached hydrogens (tertiary/aromatic N) is 3. The first-order valence-electron chi connectivity index (χ1n) is 12.9. The van der Waals surface area contributed by atoms with E-state index in [2.05, 4.69) is 40.0 Å². The first-order valence-corrected chi connectivity index (χ1v) is 12.9. The van der Waals surface area contributed by atoms with E-state index >= 15 is 0 Å². The van der Waals surface area contributed by atoms with Gasteiger partial charge in [-0.25, -0.2) is 14.4 Å². The first kappa shape index (κ1) is 40.1. The Hall–Kier alpha value is -3.91. The molecule has 4 heterocycles. The van der Waals surface area contributed by atoms with Gasteiger partial charge in [0, 0.05) is 38.1 Å². The van der Waals surface area contributed by atoms with Crippen LogP contribution in [-0.4, -0.2) is 105 Å². The van der Waals surface area contributed by atoms with Crippen LogP contribution in [0.5, 0.6) is 0 Å². The average molecular weight is 684 g/mol. The van der Waals surface area contributed by atoms with Crippen molar-refractivity contribution >= 4 is 17.9 Å². The fourth-order valence-corrected chi connectivity index (χ4v) is 4.10. The molecular weight excluding hydrogens is 653 g/mol. The Balaban J connectivity index is 0.000000413. The summed E-state index contributed by atoms with van der Waals surface area (Å²) in [4.78, 5) is 35.7. The van der Waals surface area contributed by atoms with E-state index in [-0.39, 0.29) is 5.60 Å². The van der Waals surface area contributed by atoms with Crippen molar-refractivity contribution in [2.45, 2.75) is 62.5 Å². The second-order valence-electron chi connectivity index (χ2n) is 9.89. The molecule has 0 aliphatic carbocycles. The molecule has 46 heavy (non-hydrogen) atoms. The maximum Gasteiger partial charge on any atom is 0.490 e. The highest BCUT2D eigenvalue weighted by Crippen LogP contribution is 2.38. The molecule has 0 amide bonds. The number of furan rings is 1. The van der Waals surface area contributed by atoms with E-state index < -0.39 is 36.4 Å². The molecule has 0 radical (unpaired) electrons. The third kappa shape index (κ3) is 14.9. The fraction of sp³-hybridized carbons (Fsp3) is 0.538. The summed E-state index contributed by atoms with van der Waals surface area (Å²) in [7, 11) is 2.21. The van der Waals surface area contributed by atoms with Gasteiger partial charge in [-0.15, -0.1) is 0 Å². The van der Waals surface area contributed by atoms with Crippen LogP contribution >= 0.6 is 0 Å². The third-order valence-corrected chi connectivity index (χ3v) is 6.45. The van der Waals surface area contributed by atoms with Crippen LogP contribution in [0.4, 0.5) is 39.5 Å². The van der Waals surface area contributed by atoms with Crippen molar-refractivity contribution in [3.63, 3.8) is 0 Å². The zero-order valence-electron chi connectivity index (χ0n) is 23.9. The van der Waals surface area contributed by atoms with Gasteiger partial charge < -0.3 is 24.5 Å². The van der Waals surface area contributed by atoms with E-state index in [0.29, 0.717) is 6.04 Å². The van der Waals surface area contributed by atoms with Crippen LogP contribution in [0.2, 0.25) is 0 Å². The Morgan fingerprint density at radius 2 is 1.35 bits per heavy atom. The summed E-state index contributed by atoms with van der Waals surface area (Å²) in [6.45, 7) is 4.88. The van der Waals surface area contributed by atoms with Crippen molar-refractivity contribution in [2.24, 2.45) is 0 Å². The lowest BCUT2D eigenvalue weighted by Gasteiger charge is -2.38. The Morgan fingerprint density at radius 1 is 0.891 bits per heavy atom. The number of carboxylic acid groups (broad SMARTS) is 3. The molecule has 3 N–H and O–H groups in total. The van der Waals surface area contributed by atoms with Crippen molar-refractivity contribution in [1.29, 1.82) is 0 Å². The maximum atomic E-state index is 10.6. The van der Waals surface area contributed by atoms with E-state index in [9.17, 15) is 39.5 Å². The Morgan fingerprint density at radius 3 is 1.74 bits per heavy atom. The topological polar surface area (TPSA) is 154 Å². The highest BCUT2D eigenvalue weighted by Gasteiger charge is 2.44. The highest BCUT2D eigenvalue weighted by atomic mass is 19.4. The molecule has 2 aliphatic heterocycles. The number of rotatable bonds is 5. The number of carbonyl (C=O) groups is 3. The predicted octanol–water partition coefficient (Wildman–Crippen LogP) is 4.83. The molecule has 0 saturated carbocycles. The largest absolute Gasteiger partial charge is 0.490 e. The molecule has 1 atom stereocenters. The van der Waals surface area contributed by atoms with Crippen LogP contribution in [-0.2, 0) is 32.2 Å². The number of carboxylic acids is 3. The van der Waals surface area contributed by atoms with Crippen LogP contribution in [0.15, 0.2) is 47.3 Å². The van der Waals surface area contributed by atoms with E-state index in [1.165, 1.54) is 5.56 Å². The highest BCUT2D eigenvalue weighted by molar-refractivity contribution is 5.73. The number of aliphatic carboxylic acids is 3.